The van der Waals surface area contributed by atoms with E-state index in [0.29, 0.717) is 0 Å². The maximum Gasteiger partial charge on any atom is 0.411 e. The molecule has 0 spiro atoms. The van der Waals surface area contributed by atoms with Crippen LogP contribution in [-0.4, -0.2) is 23.2 Å². The lowest BCUT2D eigenvalue weighted by molar-refractivity contribution is 0.187. The van der Waals surface area contributed by atoms with E-state index in [1.54, 1.807) is 6.20 Å². The smallest absolute Gasteiger partial charge is 0.411 e. The SMILES string of the molecule is COC(=O)Nc1ccc2c(c1)CN(Nc1ccccn1)C2. The molecule has 2 N–H and O–H groups in total. The number of rotatable bonds is 3. The third kappa shape index (κ3) is 3.11. The summed E-state index contributed by atoms with van der Waals surface area (Å²) in [6.07, 6.45) is 1.29. The van der Waals surface area contributed by atoms with Crippen LogP contribution in [0.4, 0.5) is 16.3 Å². The zero-order valence-electron chi connectivity index (χ0n) is 11.7. The molecule has 1 aliphatic heterocycles. The van der Waals surface area contributed by atoms with Gasteiger partial charge in [0.05, 0.1) is 7.11 Å². The molecule has 0 fully saturated rings. The van der Waals surface area contributed by atoms with Gasteiger partial charge in [-0.05, 0) is 35.4 Å². The number of hydrazine groups is 1. The quantitative estimate of drug-likeness (QED) is 0.907. The van der Waals surface area contributed by atoms with Crippen molar-refractivity contribution in [3.8, 4) is 0 Å². The second kappa shape index (κ2) is 5.80. The van der Waals surface area contributed by atoms with Gasteiger partial charge < -0.3 is 10.2 Å². The van der Waals surface area contributed by atoms with E-state index < -0.39 is 6.09 Å². The average molecular weight is 284 g/mol. The number of pyridine rings is 1. The van der Waals surface area contributed by atoms with Gasteiger partial charge >= 0.3 is 6.09 Å². The minimum Gasteiger partial charge on any atom is -0.453 e. The molecule has 6 nitrogen and oxygen atoms in total. The summed E-state index contributed by atoms with van der Waals surface area (Å²) >= 11 is 0. The van der Waals surface area contributed by atoms with Gasteiger partial charge in [-0.2, -0.15) is 0 Å². The van der Waals surface area contributed by atoms with Gasteiger partial charge in [0.1, 0.15) is 5.82 Å². The molecule has 0 aliphatic carbocycles. The Balaban J connectivity index is 1.68. The largest absolute Gasteiger partial charge is 0.453 e. The molecule has 0 saturated heterocycles. The van der Waals surface area contributed by atoms with E-state index in [2.05, 4.69) is 25.5 Å². The van der Waals surface area contributed by atoms with Crippen LogP contribution in [0.25, 0.3) is 0 Å². The van der Waals surface area contributed by atoms with Crippen LogP contribution in [0.2, 0.25) is 0 Å². The van der Waals surface area contributed by atoms with Crippen LogP contribution in [0.15, 0.2) is 42.6 Å². The van der Waals surface area contributed by atoms with Crippen molar-refractivity contribution in [2.45, 2.75) is 13.1 Å². The first kappa shape index (κ1) is 13.4. The fourth-order valence-corrected chi connectivity index (χ4v) is 2.31. The normalized spacial score (nSPS) is 13.6. The van der Waals surface area contributed by atoms with Gasteiger partial charge in [-0.15, -0.1) is 0 Å². The fourth-order valence-electron chi connectivity index (χ4n) is 2.31. The van der Waals surface area contributed by atoms with E-state index in [1.807, 2.05) is 36.4 Å². The number of hydrogen-bond donors (Lipinski definition) is 2. The Bertz CT molecular complexity index is 645. The van der Waals surface area contributed by atoms with Crippen molar-refractivity contribution in [2.24, 2.45) is 0 Å². The summed E-state index contributed by atoms with van der Waals surface area (Å²) in [4.78, 5) is 15.5. The van der Waals surface area contributed by atoms with Crippen molar-refractivity contribution in [1.82, 2.24) is 9.99 Å². The molecule has 2 aromatic rings. The van der Waals surface area contributed by atoms with Crippen molar-refractivity contribution < 1.29 is 9.53 Å². The van der Waals surface area contributed by atoms with Crippen LogP contribution in [0, 0.1) is 0 Å². The van der Waals surface area contributed by atoms with E-state index >= 15 is 0 Å². The highest BCUT2D eigenvalue weighted by Crippen LogP contribution is 2.25. The van der Waals surface area contributed by atoms with Crippen LogP contribution < -0.4 is 10.7 Å². The van der Waals surface area contributed by atoms with E-state index in [0.717, 1.165) is 24.6 Å². The summed E-state index contributed by atoms with van der Waals surface area (Å²) in [6, 6.07) is 11.6. The summed E-state index contributed by atoms with van der Waals surface area (Å²) in [6.45, 7) is 1.55. The molecule has 1 amide bonds. The number of fused-ring (bicyclic) bond motifs is 1. The van der Waals surface area contributed by atoms with Crippen LogP contribution in [0.3, 0.4) is 0 Å². The summed E-state index contributed by atoms with van der Waals surface area (Å²) in [7, 11) is 1.35. The number of carbonyl (C=O) groups is 1. The molecule has 0 bridgehead atoms. The zero-order chi connectivity index (χ0) is 14.7. The van der Waals surface area contributed by atoms with Crippen molar-refractivity contribution in [3.63, 3.8) is 0 Å². The maximum absolute atomic E-state index is 11.2. The third-order valence-electron chi connectivity index (χ3n) is 3.30. The Kier molecular flexibility index (Phi) is 3.70. The number of benzene rings is 1. The lowest BCUT2D eigenvalue weighted by Crippen LogP contribution is -2.24. The van der Waals surface area contributed by atoms with Gasteiger partial charge in [0, 0.05) is 25.0 Å². The molecular formula is C15H16N4O2. The highest BCUT2D eigenvalue weighted by Gasteiger charge is 2.19. The van der Waals surface area contributed by atoms with E-state index in [4.69, 9.17) is 0 Å². The molecular weight excluding hydrogens is 268 g/mol. The number of anilines is 2. The molecule has 108 valence electrons. The van der Waals surface area contributed by atoms with E-state index in [-0.39, 0.29) is 0 Å². The minimum atomic E-state index is -0.462. The Morgan fingerprint density at radius 2 is 2.10 bits per heavy atom. The van der Waals surface area contributed by atoms with Crippen LogP contribution in [0.1, 0.15) is 11.1 Å². The molecule has 0 atom stereocenters. The number of nitrogens with zero attached hydrogens (tertiary/aromatic N) is 2. The van der Waals surface area contributed by atoms with E-state index in [9.17, 15) is 4.79 Å². The highest BCUT2D eigenvalue weighted by molar-refractivity contribution is 5.84. The minimum absolute atomic E-state index is 0.462. The summed E-state index contributed by atoms with van der Waals surface area (Å²) in [5.41, 5.74) is 6.41. The fraction of sp³-hybridized carbons (Fsp3) is 0.200. The Labute approximate surface area is 122 Å². The second-order valence-corrected chi connectivity index (χ2v) is 4.78. The molecule has 0 radical (unpaired) electrons. The van der Waals surface area contributed by atoms with Crippen molar-refractivity contribution in [2.75, 3.05) is 17.9 Å². The average Bonchev–Trinajstić information content (AvgIpc) is 2.89. The maximum atomic E-state index is 11.2. The van der Waals surface area contributed by atoms with Gasteiger partial charge in [-0.25, -0.2) is 14.8 Å². The lowest BCUT2D eigenvalue weighted by Gasteiger charge is -2.16. The van der Waals surface area contributed by atoms with Gasteiger partial charge in [0.15, 0.2) is 0 Å². The number of aromatic nitrogens is 1. The first-order valence-corrected chi connectivity index (χ1v) is 6.64. The first-order chi connectivity index (χ1) is 10.2. The number of nitrogens with one attached hydrogen (secondary N) is 2. The molecule has 6 heteroatoms. The Morgan fingerprint density at radius 1 is 1.24 bits per heavy atom. The van der Waals surface area contributed by atoms with Crippen molar-refractivity contribution in [1.29, 1.82) is 0 Å². The van der Waals surface area contributed by atoms with E-state index in [1.165, 1.54) is 18.2 Å². The molecule has 1 aromatic carbocycles. The predicted octanol–water partition coefficient (Wildman–Crippen LogP) is 2.60. The Hall–Kier alpha value is -2.60. The van der Waals surface area contributed by atoms with Crippen molar-refractivity contribution >= 4 is 17.6 Å². The zero-order valence-corrected chi connectivity index (χ0v) is 11.7. The number of hydrogen-bond acceptors (Lipinski definition) is 5. The van der Waals surface area contributed by atoms with Crippen LogP contribution >= 0.6 is 0 Å². The molecule has 21 heavy (non-hydrogen) atoms. The number of carbonyl (C=O) groups excluding carboxylic acids is 1. The molecule has 0 unspecified atom stereocenters. The number of ether oxygens (including phenoxy) is 1. The summed E-state index contributed by atoms with van der Waals surface area (Å²) in [5, 5.41) is 4.75. The van der Waals surface area contributed by atoms with Crippen LogP contribution in [-0.2, 0) is 17.8 Å². The van der Waals surface area contributed by atoms with Crippen LogP contribution in [0.5, 0.6) is 0 Å². The molecule has 1 aromatic heterocycles. The molecule has 0 saturated carbocycles. The van der Waals surface area contributed by atoms with Crippen molar-refractivity contribution in [3.05, 3.63) is 53.7 Å². The monoisotopic (exact) mass is 284 g/mol. The standard InChI is InChI=1S/C15H16N4O2/c1-21-15(20)17-13-6-5-11-9-19(10-12(11)8-13)18-14-4-2-3-7-16-14/h2-8H,9-10H2,1H3,(H,16,18)(H,17,20). The highest BCUT2D eigenvalue weighted by atomic mass is 16.5. The van der Waals surface area contributed by atoms with Gasteiger partial charge in [-0.3, -0.25) is 5.32 Å². The number of methoxy groups -OCH3 is 1. The number of amides is 1. The predicted molar refractivity (Wildman–Crippen MR) is 79.6 cm³/mol. The molecule has 2 heterocycles. The van der Waals surface area contributed by atoms with Gasteiger partial charge in [0.25, 0.3) is 0 Å². The van der Waals surface area contributed by atoms with Gasteiger partial charge in [0.2, 0.25) is 0 Å². The topological polar surface area (TPSA) is 66.5 Å². The third-order valence-corrected chi connectivity index (χ3v) is 3.30. The lowest BCUT2D eigenvalue weighted by atomic mass is 10.1. The van der Waals surface area contributed by atoms with Gasteiger partial charge in [-0.1, -0.05) is 12.1 Å². The summed E-state index contributed by atoms with van der Waals surface area (Å²) in [5.74, 6) is 0.818. The molecule has 1 aliphatic rings. The Morgan fingerprint density at radius 3 is 2.86 bits per heavy atom. The second-order valence-electron chi connectivity index (χ2n) is 4.78. The first-order valence-electron chi connectivity index (χ1n) is 6.64. The molecule has 3 rings (SSSR count). The summed E-state index contributed by atoms with van der Waals surface area (Å²) < 4.78 is 4.59.